The first-order valence-corrected chi connectivity index (χ1v) is 14.1. The number of rotatable bonds is 10. The lowest BCUT2D eigenvalue weighted by Gasteiger charge is -2.16. The molecule has 0 saturated carbocycles. The van der Waals surface area contributed by atoms with E-state index in [1.807, 2.05) is 103 Å². The molecule has 2 heterocycles. The van der Waals surface area contributed by atoms with Crippen molar-refractivity contribution in [2.45, 2.75) is 43.9 Å². The van der Waals surface area contributed by atoms with Crippen molar-refractivity contribution >= 4 is 34.4 Å². The molecule has 1 amide bonds. The van der Waals surface area contributed by atoms with Gasteiger partial charge >= 0.3 is 0 Å². The van der Waals surface area contributed by atoms with E-state index in [0.29, 0.717) is 25.3 Å². The van der Waals surface area contributed by atoms with Gasteiger partial charge in [0.15, 0.2) is 11.5 Å². The van der Waals surface area contributed by atoms with Crippen LogP contribution in [0.4, 0.5) is 5.69 Å². The molecule has 0 aliphatic heterocycles. The second-order valence-electron chi connectivity index (χ2n) is 8.93. The smallest absolute Gasteiger partial charge is 0.237 e. The summed E-state index contributed by atoms with van der Waals surface area (Å²) in [5.41, 5.74) is 4.20. The van der Waals surface area contributed by atoms with Crippen LogP contribution >= 0.6 is 11.8 Å². The number of carbonyl (C=O) groups is 1. The number of hydrogen-bond donors (Lipinski definition) is 1. The van der Waals surface area contributed by atoms with Crippen LogP contribution in [0.5, 0.6) is 5.75 Å². The van der Waals surface area contributed by atoms with Crippen molar-refractivity contribution in [1.29, 1.82) is 0 Å². The van der Waals surface area contributed by atoms with E-state index in [2.05, 4.69) is 12.2 Å². The van der Waals surface area contributed by atoms with Crippen LogP contribution in [-0.2, 0) is 11.2 Å². The van der Waals surface area contributed by atoms with E-state index in [-0.39, 0.29) is 11.2 Å². The fourth-order valence-electron chi connectivity index (χ4n) is 4.33. The molecule has 5 aromatic rings. The van der Waals surface area contributed by atoms with Gasteiger partial charge in [0.25, 0.3) is 0 Å². The summed E-state index contributed by atoms with van der Waals surface area (Å²) in [6.45, 7) is 6.63. The number of anilines is 1. The van der Waals surface area contributed by atoms with E-state index in [1.54, 1.807) is 0 Å². The molecule has 0 saturated heterocycles. The van der Waals surface area contributed by atoms with Crippen LogP contribution in [0.3, 0.4) is 0 Å². The van der Waals surface area contributed by atoms with Crippen LogP contribution in [0.1, 0.15) is 32.9 Å². The summed E-state index contributed by atoms with van der Waals surface area (Å²) >= 11 is 1.46. The number of para-hydroxylation sites is 1. The molecule has 0 unspecified atom stereocenters. The molecular formula is C31H31N5O2S. The summed E-state index contributed by atoms with van der Waals surface area (Å²) in [4.78, 5) is 23.4. The lowest BCUT2D eigenvalue weighted by Crippen LogP contribution is -2.24. The van der Waals surface area contributed by atoms with E-state index in [4.69, 9.17) is 19.8 Å². The van der Waals surface area contributed by atoms with Crippen LogP contribution < -0.4 is 10.1 Å². The van der Waals surface area contributed by atoms with Crippen LogP contribution in [0.2, 0.25) is 0 Å². The van der Waals surface area contributed by atoms with Crippen molar-refractivity contribution in [1.82, 2.24) is 19.7 Å². The van der Waals surface area contributed by atoms with Gasteiger partial charge in [-0.2, -0.15) is 5.10 Å². The Labute approximate surface area is 232 Å². The molecule has 0 radical (unpaired) electrons. The number of hydrogen-bond acceptors (Lipinski definition) is 6. The molecule has 5 rings (SSSR count). The first-order chi connectivity index (χ1) is 19.1. The predicted molar refractivity (Wildman–Crippen MR) is 158 cm³/mol. The van der Waals surface area contributed by atoms with Crippen LogP contribution in [0.25, 0.3) is 28.1 Å². The Bertz CT molecular complexity index is 1550. The third kappa shape index (κ3) is 5.81. The number of fused-ring (bicyclic) bond motifs is 1. The highest BCUT2D eigenvalue weighted by Gasteiger charge is 2.25. The van der Waals surface area contributed by atoms with E-state index < -0.39 is 0 Å². The van der Waals surface area contributed by atoms with Gasteiger partial charge in [-0.1, -0.05) is 74.1 Å². The lowest BCUT2D eigenvalue weighted by molar-refractivity contribution is -0.115. The summed E-state index contributed by atoms with van der Waals surface area (Å²) in [6, 6.07) is 27.3. The molecule has 0 fully saturated rings. The second-order valence-corrected chi connectivity index (χ2v) is 10.1. The highest BCUT2D eigenvalue weighted by molar-refractivity contribution is 8.00. The van der Waals surface area contributed by atoms with Gasteiger partial charge < -0.3 is 10.1 Å². The maximum absolute atomic E-state index is 13.4. The lowest BCUT2D eigenvalue weighted by atomic mass is 10.2. The van der Waals surface area contributed by atoms with Crippen LogP contribution in [0, 0.1) is 0 Å². The molecule has 1 N–H and O–H groups in total. The molecule has 198 valence electrons. The Morgan fingerprint density at radius 1 is 0.923 bits per heavy atom. The van der Waals surface area contributed by atoms with E-state index >= 15 is 0 Å². The van der Waals surface area contributed by atoms with Crippen LogP contribution in [0.15, 0.2) is 90.0 Å². The number of nitrogens with zero attached hydrogens (tertiary/aromatic N) is 4. The van der Waals surface area contributed by atoms with Crippen molar-refractivity contribution in [3.8, 4) is 22.8 Å². The van der Waals surface area contributed by atoms with Gasteiger partial charge in [0.1, 0.15) is 10.8 Å². The first kappa shape index (κ1) is 26.4. The molecular weight excluding hydrogens is 506 g/mol. The number of aromatic nitrogens is 4. The van der Waals surface area contributed by atoms with Gasteiger partial charge in [-0.25, -0.2) is 14.6 Å². The highest BCUT2D eigenvalue weighted by Crippen LogP contribution is 2.35. The zero-order chi connectivity index (χ0) is 27.2. The molecule has 7 nitrogen and oxygen atoms in total. The molecule has 8 heteroatoms. The van der Waals surface area contributed by atoms with Crippen molar-refractivity contribution in [3.05, 3.63) is 90.6 Å². The third-order valence-corrected chi connectivity index (χ3v) is 7.63. The third-order valence-electron chi connectivity index (χ3n) is 6.28. The Morgan fingerprint density at radius 2 is 1.62 bits per heavy atom. The fraction of sp³-hybridized carbons (Fsp3) is 0.226. The van der Waals surface area contributed by atoms with E-state index in [0.717, 1.165) is 44.4 Å². The Kier molecular flexibility index (Phi) is 8.22. The number of thioether (sulfide) groups is 1. The van der Waals surface area contributed by atoms with E-state index in [9.17, 15) is 4.79 Å². The van der Waals surface area contributed by atoms with Crippen LogP contribution in [-0.4, -0.2) is 37.5 Å². The minimum Gasteiger partial charge on any atom is -0.494 e. The molecule has 0 aliphatic rings. The zero-order valence-corrected chi connectivity index (χ0v) is 23.1. The quantitative estimate of drug-likeness (QED) is 0.153. The summed E-state index contributed by atoms with van der Waals surface area (Å²) in [6.07, 6.45) is 1.35. The summed E-state index contributed by atoms with van der Waals surface area (Å²) in [7, 11) is 0. The average Bonchev–Trinajstić information content (AvgIpc) is 3.37. The molecule has 0 aliphatic carbocycles. The normalized spacial score (nSPS) is 11.9. The van der Waals surface area contributed by atoms with Gasteiger partial charge in [-0.15, -0.1) is 0 Å². The van der Waals surface area contributed by atoms with Gasteiger partial charge in [0, 0.05) is 11.3 Å². The Balaban J connectivity index is 1.55. The largest absolute Gasteiger partial charge is 0.494 e. The number of amides is 1. The van der Waals surface area contributed by atoms with Gasteiger partial charge in [0.05, 0.1) is 28.6 Å². The minimum atomic E-state index is -0.358. The predicted octanol–water partition coefficient (Wildman–Crippen LogP) is 6.95. The molecule has 1 atom stereocenters. The highest BCUT2D eigenvalue weighted by atomic mass is 32.2. The fourth-order valence-corrected chi connectivity index (χ4v) is 5.40. The van der Waals surface area contributed by atoms with Crippen molar-refractivity contribution in [2.24, 2.45) is 0 Å². The minimum absolute atomic E-state index is 0.0758. The number of ether oxygens (including phenoxy) is 1. The standard InChI is InChI=1S/C31H31N5O2S/c1-4-25-27-29(36(35-25)23-15-11-8-12-16-23)33-28(21-13-9-7-10-14-21)34-31(27)39-26(5-2)30(37)32-22-17-19-24(20-18-22)38-6-3/h7-20,26H,4-6H2,1-3H3,(H,32,37)/t26-/m0/s1. The molecule has 0 bridgehead atoms. The SMILES string of the molecule is CCOc1ccc(NC(=O)[C@H](CC)Sc2nc(-c3ccccc3)nc3c2c(CC)nn3-c2ccccc2)cc1. The second kappa shape index (κ2) is 12.1. The number of nitrogens with one attached hydrogen (secondary N) is 1. The Hall–Kier alpha value is -4.17. The van der Waals surface area contributed by atoms with E-state index in [1.165, 1.54) is 11.8 Å². The van der Waals surface area contributed by atoms with Gasteiger partial charge in [-0.05, 0) is 56.2 Å². The topological polar surface area (TPSA) is 81.9 Å². The number of aryl methyl sites for hydroxylation is 1. The maximum Gasteiger partial charge on any atom is 0.237 e. The Morgan fingerprint density at radius 3 is 2.26 bits per heavy atom. The van der Waals surface area contributed by atoms with Crippen molar-refractivity contribution < 1.29 is 9.53 Å². The average molecular weight is 538 g/mol. The number of benzene rings is 3. The molecule has 2 aromatic heterocycles. The monoisotopic (exact) mass is 537 g/mol. The molecule has 39 heavy (non-hydrogen) atoms. The zero-order valence-electron chi connectivity index (χ0n) is 22.3. The summed E-state index contributed by atoms with van der Waals surface area (Å²) in [5.74, 6) is 1.30. The van der Waals surface area contributed by atoms with Gasteiger partial charge in [-0.3, -0.25) is 4.79 Å². The molecule has 0 spiro atoms. The number of carbonyl (C=O) groups excluding carboxylic acids is 1. The first-order valence-electron chi connectivity index (χ1n) is 13.2. The maximum atomic E-state index is 13.4. The van der Waals surface area contributed by atoms with Crippen molar-refractivity contribution in [2.75, 3.05) is 11.9 Å². The van der Waals surface area contributed by atoms with Crippen molar-refractivity contribution in [3.63, 3.8) is 0 Å². The molecule has 3 aromatic carbocycles. The summed E-state index contributed by atoms with van der Waals surface area (Å²) in [5, 5.41) is 9.27. The van der Waals surface area contributed by atoms with Gasteiger partial charge in [0.2, 0.25) is 5.91 Å². The summed E-state index contributed by atoms with van der Waals surface area (Å²) < 4.78 is 7.40.